The topological polar surface area (TPSA) is 70.0 Å². The van der Waals surface area contributed by atoms with Crippen LogP contribution in [0, 0.1) is 18.3 Å². The molecule has 0 aliphatic carbocycles. The first-order valence-corrected chi connectivity index (χ1v) is 6.27. The van der Waals surface area contributed by atoms with Crippen molar-refractivity contribution in [1.29, 1.82) is 5.26 Å². The minimum absolute atomic E-state index is 0.168. The highest BCUT2D eigenvalue weighted by molar-refractivity contribution is 7.89. The maximum Gasteiger partial charge on any atom is 0.241 e. The van der Waals surface area contributed by atoms with Crippen molar-refractivity contribution in [2.75, 3.05) is 0 Å². The second-order valence-electron chi connectivity index (χ2n) is 4.16. The molecule has 0 bridgehead atoms. The number of hydrogen-bond acceptors (Lipinski definition) is 3. The Bertz CT molecular complexity index is 510. The highest BCUT2D eigenvalue weighted by Gasteiger charge is 2.25. The van der Waals surface area contributed by atoms with E-state index in [0.717, 1.165) is 5.56 Å². The van der Waals surface area contributed by atoms with Crippen LogP contribution in [0.4, 0.5) is 0 Å². The first kappa shape index (κ1) is 12.7. The molecule has 0 heterocycles. The number of nitrogens with one attached hydrogen (secondary N) is 1. The number of benzene rings is 1. The van der Waals surface area contributed by atoms with Crippen molar-refractivity contribution >= 4 is 10.0 Å². The molecule has 1 aromatic rings. The Morgan fingerprint density at radius 2 is 1.75 bits per heavy atom. The van der Waals surface area contributed by atoms with Gasteiger partial charge in [-0.2, -0.15) is 9.98 Å². The van der Waals surface area contributed by atoms with Gasteiger partial charge in [-0.25, -0.2) is 8.42 Å². The van der Waals surface area contributed by atoms with E-state index in [2.05, 4.69) is 4.72 Å². The Morgan fingerprint density at radius 3 is 2.19 bits per heavy atom. The summed E-state index contributed by atoms with van der Waals surface area (Å²) in [5.74, 6) is 0. The van der Waals surface area contributed by atoms with Crippen LogP contribution in [0.2, 0.25) is 0 Å². The van der Waals surface area contributed by atoms with E-state index in [0.29, 0.717) is 0 Å². The average Bonchev–Trinajstić information content (AvgIpc) is 2.17. The Balaban J connectivity index is 3.05. The summed E-state index contributed by atoms with van der Waals surface area (Å²) in [5, 5.41) is 8.77. The van der Waals surface area contributed by atoms with Crippen molar-refractivity contribution in [3.05, 3.63) is 29.8 Å². The van der Waals surface area contributed by atoms with Gasteiger partial charge in [0.15, 0.2) is 0 Å². The summed E-state index contributed by atoms with van der Waals surface area (Å²) in [7, 11) is -3.62. The van der Waals surface area contributed by atoms with E-state index in [1.54, 1.807) is 12.1 Å². The van der Waals surface area contributed by atoms with Crippen LogP contribution in [0.15, 0.2) is 29.2 Å². The predicted octanol–water partition coefficient (Wildman–Crippen LogP) is 1.58. The van der Waals surface area contributed by atoms with Gasteiger partial charge < -0.3 is 0 Å². The Hall–Kier alpha value is -1.38. The summed E-state index contributed by atoms with van der Waals surface area (Å²) < 4.78 is 26.0. The third kappa shape index (κ3) is 3.05. The predicted molar refractivity (Wildman–Crippen MR) is 61.2 cm³/mol. The first-order valence-electron chi connectivity index (χ1n) is 4.79. The molecule has 0 aliphatic heterocycles. The fraction of sp³-hybridized carbons (Fsp3) is 0.364. The van der Waals surface area contributed by atoms with Crippen LogP contribution in [0.3, 0.4) is 0 Å². The number of sulfonamides is 1. The molecule has 1 rings (SSSR count). The smallest absolute Gasteiger partial charge is 0.207 e. The molecule has 0 saturated heterocycles. The zero-order chi connectivity index (χ0) is 12.4. The molecule has 1 aromatic carbocycles. The van der Waals surface area contributed by atoms with E-state index in [-0.39, 0.29) is 4.90 Å². The van der Waals surface area contributed by atoms with Gasteiger partial charge in [0, 0.05) is 0 Å². The minimum Gasteiger partial charge on any atom is -0.207 e. The molecule has 0 radical (unpaired) electrons. The molecule has 0 aromatic heterocycles. The van der Waals surface area contributed by atoms with Crippen LogP contribution in [-0.4, -0.2) is 14.0 Å². The van der Waals surface area contributed by atoms with Crippen LogP contribution in [-0.2, 0) is 10.0 Å². The number of nitrogens with zero attached hydrogens (tertiary/aromatic N) is 1. The van der Waals surface area contributed by atoms with Gasteiger partial charge in [0.1, 0.15) is 5.54 Å². The fourth-order valence-corrected chi connectivity index (χ4v) is 2.46. The Kier molecular flexibility index (Phi) is 3.36. The Morgan fingerprint density at radius 1 is 1.25 bits per heavy atom. The molecule has 0 amide bonds. The molecule has 86 valence electrons. The van der Waals surface area contributed by atoms with Gasteiger partial charge in [-0.1, -0.05) is 17.7 Å². The molecular formula is C11H14N2O2S. The van der Waals surface area contributed by atoms with Crippen LogP contribution in [0.25, 0.3) is 0 Å². The lowest BCUT2D eigenvalue weighted by molar-refractivity contribution is 0.535. The van der Waals surface area contributed by atoms with Crippen molar-refractivity contribution in [1.82, 2.24) is 4.72 Å². The molecule has 0 atom stereocenters. The SMILES string of the molecule is Cc1ccc(S(=O)(=O)NC(C)(C)C#N)cc1. The van der Waals surface area contributed by atoms with Crippen molar-refractivity contribution in [3.8, 4) is 6.07 Å². The molecule has 4 nitrogen and oxygen atoms in total. The highest BCUT2D eigenvalue weighted by atomic mass is 32.2. The van der Waals surface area contributed by atoms with Gasteiger partial charge in [0.05, 0.1) is 11.0 Å². The average molecular weight is 238 g/mol. The quantitative estimate of drug-likeness (QED) is 0.869. The van der Waals surface area contributed by atoms with Crippen molar-refractivity contribution < 1.29 is 8.42 Å². The standard InChI is InChI=1S/C11H14N2O2S/c1-9-4-6-10(7-5-9)16(14,15)13-11(2,3)8-12/h4-7,13H,1-3H3. The maximum absolute atomic E-state index is 11.9. The van der Waals surface area contributed by atoms with Gasteiger partial charge in [0.2, 0.25) is 10.0 Å². The summed E-state index contributed by atoms with van der Waals surface area (Å²) in [6.07, 6.45) is 0. The second kappa shape index (κ2) is 4.24. The summed E-state index contributed by atoms with van der Waals surface area (Å²) in [5.41, 5.74) is -0.123. The lowest BCUT2D eigenvalue weighted by Gasteiger charge is -2.17. The van der Waals surface area contributed by atoms with E-state index in [9.17, 15) is 8.42 Å². The second-order valence-corrected chi connectivity index (χ2v) is 5.84. The molecule has 0 spiro atoms. The molecule has 1 N–H and O–H groups in total. The number of nitriles is 1. The van der Waals surface area contributed by atoms with Crippen molar-refractivity contribution in [3.63, 3.8) is 0 Å². The van der Waals surface area contributed by atoms with E-state index < -0.39 is 15.6 Å². The van der Waals surface area contributed by atoms with E-state index in [1.165, 1.54) is 26.0 Å². The Labute approximate surface area is 96.0 Å². The number of rotatable bonds is 3. The lowest BCUT2D eigenvalue weighted by Crippen LogP contribution is -2.41. The van der Waals surface area contributed by atoms with Gasteiger partial charge in [0.25, 0.3) is 0 Å². The van der Waals surface area contributed by atoms with Crippen LogP contribution >= 0.6 is 0 Å². The van der Waals surface area contributed by atoms with E-state index in [4.69, 9.17) is 5.26 Å². The van der Waals surface area contributed by atoms with E-state index >= 15 is 0 Å². The summed E-state index contributed by atoms with van der Waals surface area (Å²) in [6.45, 7) is 4.90. The third-order valence-corrected chi connectivity index (χ3v) is 3.67. The molecule has 5 heteroatoms. The molecule has 0 unspecified atom stereocenters. The van der Waals surface area contributed by atoms with Crippen molar-refractivity contribution in [2.45, 2.75) is 31.2 Å². The van der Waals surface area contributed by atoms with E-state index in [1.807, 2.05) is 13.0 Å². The zero-order valence-electron chi connectivity index (χ0n) is 9.48. The largest absolute Gasteiger partial charge is 0.241 e. The van der Waals surface area contributed by atoms with Crippen molar-refractivity contribution in [2.24, 2.45) is 0 Å². The van der Waals surface area contributed by atoms with Crippen LogP contribution in [0.1, 0.15) is 19.4 Å². The van der Waals surface area contributed by atoms with Gasteiger partial charge in [-0.05, 0) is 32.9 Å². The maximum atomic E-state index is 11.9. The molecule has 0 saturated carbocycles. The number of aryl methyl sites for hydroxylation is 1. The molecule has 0 fully saturated rings. The summed E-state index contributed by atoms with van der Waals surface area (Å²) in [4.78, 5) is 0.168. The molecule has 0 aliphatic rings. The summed E-state index contributed by atoms with van der Waals surface area (Å²) in [6, 6.07) is 8.36. The van der Waals surface area contributed by atoms with Gasteiger partial charge >= 0.3 is 0 Å². The highest BCUT2D eigenvalue weighted by Crippen LogP contribution is 2.13. The molecular weight excluding hydrogens is 224 g/mol. The normalized spacial score (nSPS) is 12.1. The monoisotopic (exact) mass is 238 g/mol. The zero-order valence-corrected chi connectivity index (χ0v) is 10.3. The van der Waals surface area contributed by atoms with Crippen LogP contribution in [0.5, 0.6) is 0 Å². The number of hydrogen-bond donors (Lipinski definition) is 1. The third-order valence-electron chi connectivity index (χ3n) is 2.00. The molecule has 16 heavy (non-hydrogen) atoms. The van der Waals surface area contributed by atoms with Gasteiger partial charge in [-0.15, -0.1) is 0 Å². The fourth-order valence-electron chi connectivity index (χ4n) is 1.14. The van der Waals surface area contributed by atoms with Crippen LogP contribution < -0.4 is 4.72 Å². The van der Waals surface area contributed by atoms with Gasteiger partial charge in [-0.3, -0.25) is 0 Å². The lowest BCUT2D eigenvalue weighted by atomic mass is 10.1. The summed E-state index contributed by atoms with van der Waals surface area (Å²) >= 11 is 0. The first-order chi connectivity index (χ1) is 7.27. The minimum atomic E-state index is -3.62.